The third-order valence-corrected chi connectivity index (χ3v) is 5.01. The minimum atomic E-state index is -1.70. The Kier molecular flexibility index (Phi) is 8.39. The molecule has 0 spiro atoms. The third-order valence-electron chi connectivity index (χ3n) is 5.01. The van der Waals surface area contributed by atoms with Crippen molar-refractivity contribution in [3.05, 3.63) is 107 Å². The molecule has 1 unspecified atom stereocenters. The van der Waals surface area contributed by atoms with Crippen LogP contribution in [0.4, 0.5) is 4.79 Å². The second kappa shape index (κ2) is 11.4. The molecular weight excluding hydrogens is 446 g/mol. The van der Waals surface area contributed by atoms with E-state index in [0.717, 1.165) is 11.1 Å². The van der Waals surface area contributed by atoms with Crippen LogP contribution in [0.3, 0.4) is 0 Å². The van der Waals surface area contributed by atoms with Gasteiger partial charge in [-0.05, 0) is 31.9 Å². The molecule has 3 rings (SSSR count). The predicted molar refractivity (Wildman–Crippen MR) is 131 cm³/mol. The van der Waals surface area contributed by atoms with Crippen LogP contribution in [0.15, 0.2) is 84.9 Å². The van der Waals surface area contributed by atoms with Gasteiger partial charge in [-0.1, -0.05) is 84.9 Å². The molecule has 0 aromatic heterocycles. The summed E-state index contributed by atoms with van der Waals surface area (Å²) in [6.45, 7) is 4.78. The topological polar surface area (TPSA) is 102 Å². The summed E-state index contributed by atoms with van der Waals surface area (Å²) in [4.78, 5) is 37.7. The van der Waals surface area contributed by atoms with Gasteiger partial charge in [0.1, 0.15) is 5.60 Å². The Morgan fingerprint density at radius 1 is 0.829 bits per heavy atom. The number of carbonyl (C=O) groups is 3. The normalized spacial score (nSPS) is 12.0. The first-order valence-electron chi connectivity index (χ1n) is 11.2. The number of Topliss-reactive ketones (excluding diaryl/α,β-unsaturated/α-hetero) is 1. The first-order valence-corrected chi connectivity index (χ1v) is 11.2. The summed E-state index contributed by atoms with van der Waals surface area (Å²) in [7, 11) is 0. The Morgan fingerprint density at radius 2 is 1.34 bits per heavy atom. The maximum atomic E-state index is 13.0. The molecule has 0 heterocycles. The van der Waals surface area contributed by atoms with Crippen LogP contribution in [-0.2, 0) is 14.3 Å². The first kappa shape index (κ1) is 25.6. The molecule has 0 bridgehead atoms. The summed E-state index contributed by atoms with van der Waals surface area (Å²) in [6, 6.07) is 24.6. The number of rotatable bonds is 8. The summed E-state index contributed by atoms with van der Waals surface area (Å²) < 4.78 is 10.9. The van der Waals surface area contributed by atoms with Gasteiger partial charge >= 0.3 is 12.1 Å². The fourth-order valence-corrected chi connectivity index (χ4v) is 3.44. The number of benzene rings is 3. The molecule has 1 amide bonds. The number of aliphatic hydroxyl groups is 1. The van der Waals surface area contributed by atoms with Crippen LogP contribution in [0, 0.1) is 0 Å². The van der Waals surface area contributed by atoms with Crippen LogP contribution >= 0.6 is 0 Å². The summed E-state index contributed by atoms with van der Waals surface area (Å²) in [5.74, 6) is -1.39. The SMILES string of the molecule is CC(C)(C)OC(=O)NCC(=O)c1ccccc1C(O)C(=O)OC(c1ccccc1)c1ccccc1. The molecule has 1 atom stereocenters. The average molecular weight is 476 g/mol. The lowest BCUT2D eigenvalue weighted by Gasteiger charge is -2.22. The molecule has 3 aromatic rings. The van der Waals surface area contributed by atoms with Crippen molar-refractivity contribution in [1.29, 1.82) is 0 Å². The molecule has 7 heteroatoms. The second-order valence-electron chi connectivity index (χ2n) is 8.91. The highest BCUT2D eigenvalue weighted by Gasteiger charge is 2.28. The van der Waals surface area contributed by atoms with E-state index in [4.69, 9.17) is 9.47 Å². The van der Waals surface area contributed by atoms with E-state index in [0.29, 0.717) is 0 Å². The van der Waals surface area contributed by atoms with Gasteiger partial charge in [0.25, 0.3) is 0 Å². The zero-order chi connectivity index (χ0) is 25.4. The minimum Gasteiger partial charge on any atom is -0.450 e. The molecular formula is C28H29NO6. The van der Waals surface area contributed by atoms with E-state index in [9.17, 15) is 19.5 Å². The molecule has 0 aliphatic heterocycles. The maximum absolute atomic E-state index is 13.0. The highest BCUT2D eigenvalue weighted by atomic mass is 16.6. The number of ketones is 1. The Labute approximate surface area is 204 Å². The summed E-state index contributed by atoms with van der Waals surface area (Å²) >= 11 is 0. The van der Waals surface area contributed by atoms with E-state index in [1.165, 1.54) is 12.1 Å². The van der Waals surface area contributed by atoms with Gasteiger partial charge in [-0.25, -0.2) is 9.59 Å². The highest BCUT2D eigenvalue weighted by molar-refractivity contribution is 6.01. The minimum absolute atomic E-state index is 0.0911. The standard InChI is InChI=1S/C28H29NO6/c1-28(2,3)35-27(33)29-18-23(30)21-16-10-11-17-22(21)24(31)26(32)34-25(19-12-6-4-7-13-19)20-14-8-5-9-15-20/h4-17,24-25,31H,18H2,1-3H3,(H,29,33). The Hall–Kier alpha value is -3.97. The summed E-state index contributed by atoms with van der Waals surface area (Å²) in [5.41, 5.74) is 0.964. The zero-order valence-corrected chi connectivity index (χ0v) is 19.9. The molecule has 7 nitrogen and oxygen atoms in total. The van der Waals surface area contributed by atoms with Crippen LogP contribution in [0.1, 0.15) is 60.0 Å². The number of nitrogens with one attached hydrogen (secondary N) is 1. The van der Waals surface area contributed by atoms with Crippen molar-refractivity contribution in [2.75, 3.05) is 6.54 Å². The van der Waals surface area contributed by atoms with Crippen molar-refractivity contribution in [3.63, 3.8) is 0 Å². The summed E-state index contributed by atoms with van der Waals surface area (Å²) in [5, 5.41) is 13.3. The smallest absolute Gasteiger partial charge is 0.408 e. The molecule has 0 fully saturated rings. The van der Waals surface area contributed by atoms with E-state index in [1.54, 1.807) is 32.9 Å². The fourth-order valence-electron chi connectivity index (χ4n) is 3.44. The van der Waals surface area contributed by atoms with E-state index in [1.807, 2.05) is 60.7 Å². The number of hydrogen-bond acceptors (Lipinski definition) is 6. The molecule has 0 saturated heterocycles. The van der Waals surface area contributed by atoms with E-state index in [-0.39, 0.29) is 17.7 Å². The molecule has 2 N–H and O–H groups in total. The van der Waals surface area contributed by atoms with E-state index >= 15 is 0 Å². The fraction of sp³-hybridized carbons (Fsp3) is 0.250. The van der Waals surface area contributed by atoms with Gasteiger partial charge in [0.2, 0.25) is 0 Å². The molecule has 0 aliphatic carbocycles. The van der Waals surface area contributed by atoms with Crippen molar-refractivity contribution in [3.8, 4) is 0 Å². The Balaban J connectivity index is 1.77. The number of aliphatic hydroxyl groups excluding tert-OH is 1. The molecule has 35 heavy (non-hydrogen) atoms. The van der Waals surface area contributed by atoms with Crippen molar-refractivity contribution < 1.29 is 29.0 Å². The Bertz CT molecular complexity index is 1120. The molecule has 0 saturated carbocycles. The molecule has 182 valence electrons. The van der Waals surface area contributed by atoms with Crippen LogP contribution in [0.5, 0.6) is 0 Å². The van der Waals surface area contributed by atoms with Crippen LogP contribution in [0.25, 0.3) is 0 Å². The van der Waals surface area contributed by atoms with Crippen molar-refractivity contribution >= 4 is 17.8 Å². The largest absolute Gasteiger partial charge is 0.450 e. The van der Waals surface area contributed by atoms with E-state index < -0.39 is 35.7 Å². The number of hydrogen-bond donors (Lipinski definition) is 2. The Morgan fingerprint density at radius 3 is 1.89 bits per heavy atom. The lowest BCUT2D eigenvalue weighted by atomic mass is 9.98. The van der Waals surface area contributed by atoms with Gasteiger partial charge in [0.15, 0.2) is 18.0 Å². The van der Waals surface area contributed by atoms with E-state index in [2.05, 4.69) is 5.32 Å². The van der Waals surface area contributed by atoms with Crippen molar-refractivity contribution in [2.24, 2.45) is 0 Å². The number of ether oxygens (including phenoxy) is 2. The van der Waals surface area contributed by atoms with Gasteiger partial charge in [-0.2, -0.15) is 0 Å². The van der Waals surface area contributed by atoms with Gasteiger partial charge in [-0.15, -0.1) is 0 Å². The lowest BCUT2D eigenvalue weighted by Crippen LogP contribution is -2.35. The maximum Gasteiger partial charge on any atom is 0.408 e. The molecule has 0 radical (unpaired) electrons. The van der Waals surface area contributed by atoms with Crippen molar-refractivity contribution in [1.82, 2.24) is 5.32 Å². The number of carbonyl (C=O) groups excluding carboxylic acids is 3. The number of amides is 1. The second-order valence-corrected chi connectivity index (χ2v) is 8.91. The molecule has 0 aliphatic rings. The van der Waals surface area contributed by atoms with Crippen LogP contribution < -0.4 is 5.32 Å². The zero-order valence-electron chi connectivity index (χ0n) is 19.9. The number of esters is 1. The van der Waals surface area contributed by atoms with Crippen molar-refractivity contribution in [2.45, 2.75) is 38.6 Å². The first-order chi connectivity index (χ1) is 16.7. The third kappa shape index (κ3) is 7.25. The van der Waals surface area contributed by atoms with Gasteiger partial charge in [0, 0.05) is 11.1 Å². The lowest BCUT2D eigenvalue weighted by molar-refractivity contribution is -0.158. The van der Waals surface area contributed by atoms with Crippen LogP contribution in [-0.4, -0.2) is 35.1 Å². The van der Waals surface area contributed by atoms with Crippen LogP contribution in [0.2, 0.25) is 0 Å². The van der Waals surface area contributed by atoms with Gasteiger partial charge in [0.05, 0.1) is 6.54 Å². The quantitative estimate of drug-likeness (QED) is 0.360. The monoisotopic (exact) mass is 475 g/mol. The predicted octanol–water partition coefficient (Wildman–Crippen LogP) is 4.76. The highest BCUT2D eigenvalue weighted by Crippen LogP contribution is 2.29. The summed E-state index contributed by atoms with van der Waals surface area (Å²) in [6.07, 6.45) is -3.18. The van der Waals surface area contributed by atoms with Gasteiger partial charge in [-0.3, -0.25) is 4.79 Å². The molecule has 3 aromatic carbocycles. The van der Waals surface area contributed by atoms with Gasteiger partial charge < -0.3 is 19.9 Å². The average Bonchev–Trinajstić information content (AvgIpc) is 2.85. The number of alkyl carbamates (subject to hydrolysis) is 1.